The van der Waals surface area contributed by atoms with E-state index in [1.165, 1.54) is 36.8 Å². The number of rotatable bonds is 2. The van der Waals surface area contributed by atoms with Gasteiger partial charge in [-0.2, -0.15) is 0 Å². The molecule has 1 aromatic carbocycles. The third-order valence-corrected chi connectivity index (χ3v) is 4.42. The second-order valence-corrected chi connectivity index (χ2v) is 5.62. The van der Waals surface area contributed by atoms with Crippen LogP contribution in [-0.2, 0) is 0 Å². The van der Waals surface area contributed by atoms with E-state index in [4.69, 9.17) is 0 Å². The first-order valence-corrected chi connectivity index (χ1v) is 6.75. The molecule has 0 spiro atoms. The van der Waals surface area contributed by atoms with E-state index in [-0.39, 0.29) is 0 Å². The van der Waals surface area contributed by atoms with E-state index in [1.807, 2.05) is 0 Å². The van der Waals surface area contributed by atoms with Gasteiger partial charge in [0.25, 0.3) is 0 Å². The Morgan fingerprint density at radius 1 is 1.06 bits per heavy atom. The summed E-state index contributed by atoms with van der Waals surface area (Å²) in [7, 11) is 0. The molecule has 88 valence electrons. The first-order chi connectivity index (χ1) is 7.68. The average Bonchev–Trinajstić information content (AvgIpc) is 2.30. The maximum atomic E-state index is 2.44. The fourth-order valence-corrected chi connectivity index (χ4v) is 3.20. The minimum atomic E-state index is 0.732. The van der Waals surface area contributed by atoms with Crippen molar-refractivity contribution in [2.24, 2.45) is 11.8 Å². The molecule has 3 unspecified atom stereocenters. The molecule has 2 rings (SSSR count). The van der Waals surface area contributed by atoms with Gasteiger partial charge in [0, 0.05) is 0 Å². The van der Waals surface area contributed by atoms with Gasteiger partial charge >= 0.3 is 0 Å². The summed E-state index contributed by atoms with van der Waals surface area (Å²) in [5, 5.41) is 0. The predicted molar refractivity (Wildman–Crippen MR) is 70.7 cm³/mol. The molecule has 0 heterocycles. The van der Waals surface area contributed by atoms with Crippen molar-refractivity contribution >= 4 is 0 Å². The molecule has 16 heavy (non-hydrogen) atoms. The highest BCUT2D eigenvalue weighted by Gasteiger charge is 2.26. The maximum absolute atomic E-state index is 2.44. The SMILES string of the molecule is Cc1ccc(C(C)C2CCCCC2C)cc1. The molecule has 0 bridgehead atoms. The first-order valence-electron chi connectivity index (χ1n) is 6.75. The molecule has 0 heteroatoms. The van der Waals surface area contributed by atoms with Crippen LogP contribution in [0.3, 0.4) is 0 Å². The summed E-state index contributed by atoms with van der Waals surface area (Å²) in [6, 6.07) is 9.14. The monoisotopic (exact) mass is 216 g/mol. The van der Waals surface area contributed by atoms with Crippen molar-refractivity contribution in [3.63, 3.8) is 0 Å². The molecule has 1 aromatic rings. The lowest BCUT2D eigenvalue weighted by Gasteiger charge is -2.33. The summed E-state index contributed by atoms with van der Waals surface area (Å²) >= 11 is 0. The van der Waals surface area contributed by atoms with Gasteiger partial charge in [0.2, 0.25) is 0 Å². The molecular formula is C16H24. The fraction of sp³-hybridized carbons (Fsp3) is 0.625. The average molecular weight is 216 g/mol. The highest BCUT2D eigenvalue weighted by atomic mass is 14.3. The lowest BCUT2D eigenvalue weighted by molar-refractivity contribution is 0.224. The van der Waals surface area contributed by atoms with E-state index in [0.29, 0.717) is 0 Å². The van der Waals surface area contributed by atoms with E-state index >= 15 is 0 Å². The number of benzene rings is 1. The number of hydrogen-bond acceptors (Lipinski definition) is 0. The summed E-state index contributed by atoms with van der Waals surface area (Å²) < 4.78 is 0. The third-order valence-electron chi connectivity index (χ3n) is 4.42. The second-order valence-electron chi connectivity index (χ2n) is 5.62. The number of hydrogen-bond donors (Lipinski definition) is 0. The zero-order valence-electron chi connectivity index (χ0n) is 10.9. The molecule has 0 saturated heterocycles. The van der Waals surface area contributed by atoms with Gasteiger partial charge in [0.05, 0.1) is 0 Å². The Morgan fingerprint density at radius 2 is 1.69 bits per heavy atom. The zero-order chi connectivity index (χ0) is 11.5. The molecule has 1 fully saturated rings. The van der Waals surface area contributed by atoms with Crippen LogP contribution >= 0.6 is 0 Å². The zero-order valence-corrected chi connectivity index (χ0v) is 10.9. The molecule has 0 amide bonds. The maximum Gasteiger partial charge on any atom is -0.0159 e. The van der Waals surface area contributed by atoms with E-state index in [0.717, 1.165) is 17.8 Å². The van der Waals surface area contributed by atoms with Gasteiger partial charge in [-0.25, -0.2) is 0 Å². The van der Waals surface area contributed by atoms with E-state index in [9.17, 15) is 0 Å². The van der Waals surface area contributed by atoms with Crippen LogP contribution in [0.25, 0.3) is 0 Å². The number of aryl methyl sites for hydroxylation is 1. The Kier molecular flexibility index (Phi) is 3.68. The lowest BCUT2D eigenvalue weighted by Crippen LogP contribution is -2.22. The molecule has 0 aliphatic heterocycles. The van der Waals surface area contributed by atoms with E-state index in [1.54, 1.807) is 0 Å². The smallest absolute Gasteiger partial charge is 0.0159 e. The standard InChI is InChI=1S/C16H24/c1-12-8-10-15(11-9-12)14(3)16-7-5-4-6-13(16)2/h8-11,13-14,16H,4-7H2,1-3H3. The summed E-state index contributed by atoms with van der Waals surface area (Å²) in [6.07, 6.45) is 5.74. The Hall–Kier alpha value is -0.780. The highest BCUT2D eigenvalue weighted by molar-refractivity contribution is 5.24. The van der Waals surface area contributed by atoms with Gasteiger partial charge in [-0.15, -0.1) is 0 Å². The molecule has 0 radical (unpaired) electrons. The minimum Gasteiger partial charge on any atom is -0.0622 e. The molecule has 0 aromatic heterocycles. The second kappa shape index (κ2) is 5.03. The quantitative estimate of drug-likeness (QED) is 0.658. The Labute approximate surface area is 100 Å². The minimum absolute atomic E-state index is 0.732. The molecule has 1 saturated carbocycles. The Balaban J connectivity index is 2.11. The van der Waals surface area contributed by atoms with Gasteiger partial charge in [0.1, 0.15) is 0 Å². The molecular weight excluding hydrogens is 192 g/mol. The van der Waals surface area contributed by atoms with Crippen molar-refractivity contribution in [2.45, 2.75) is 52.4 Å². The van der Waals surface area contributed by atoms with Crippen LogP contribution in [0.15, 0.2) is 24.3 Å². The van der Waals surface area contributed by atoms with Crippen LogP contribution in [0, 0.1) is 18.8 Å². The molecule has 1 aliphatic rings. The fourth-order valence-electron chi connectivity index (χ4n) is 3.20. The topological polar surface area (TPSA) is 0 Å². The van der Waals surface area contributed by atoms with Crippen LogP contribution in [-0.4, -0.2) is 0 Å². The lowest BCUT2D eigenvalue weighted by atomic mass is 9.72. The third kappa shape index (κ3) is 2.48. The van der Waals surface area contributed by atoms with Crippen molar-refractivity contribution in [3.05, 3.63) is 35.4 Å². The van der Waals surface area contributed by atoms with Crippen molar-refractivity contribution in [3.8, 4) is 0 Å². The Morgan fingerprint density at radius 3 is 2.31 bits per heavy atom. The van der Waals surface area contributed by atoms with Gasteiger partial charge in [-0.05, 0) is 36.7 Å². The molecule has 3 atom stereocenters. The highest BCUT2D eigenvalue weighted by Crippen LogP contribution is 2.39. The van der Waals surface area contributed by atoms with Crippen LogP contribution in [0.5, 0.6) is 0 Å². The summed E-state index contributed by atoms with van der Waals surface area (Å²) in [6.45, 7) is 7.02. The summed E-state index contributed by atoms with van der Waals surface area (Å²) in [4.78, 5) is 0. The van der Waals surface area contributed by atoms with E-state index in [2.05, 4.69) is 45.0 Å². The molecule has 1 aliphatic carbocycles. The van der Waals surface area contributed by atoms with Crippen LogP contribution in [0.2, 0.25) is 0 Å². The van der Waals surface area contributed by atoms with Gasteiger partial charge in [-0.3, -0.25) is 0 Å². The van der Waals surface area contributed by atoms with Crippen LogP contribution in [0.1, 0.15) is 56.6 Å². The van der Waals surface area contributed by atoms with Gasteiger partial charge in [-0.1, -0.05) is 62.9 Å². The van der Waals surface area contributed by atoms with Crippen LogP contribution < -0.4 is 0 Å². The van der Waals surface area contributed by atoms with Crippen molar-refractivity contribution in [1.82, 2.24) is 0 Å². The summed E-state index contributed by atoms with van der Waals surface area (Å²) in [5.74, 6) is 2.54. The summed E-state index contributed by atoms with van der Waals surface area (Å²) in [5.41, 5.74) is 2.90. The van der Waals surface area contributed by atoms with Gasteiger partial charge in [0.15, 0.2) is 0 Å². The van der Waals surface area contributed by atoms with Gasteiger partial charge < -0.3 is 0 Å². The van der Waals surface area contributed by atoms with E-state index < -0.39 is 0 Å². The van der Waals surface area contributed by atoms with Crippen molar-refractivity contribution in [2.75, 3.05) is 0 Å². The Bertz CT molecular complexity index is 322. The first kappa shape index (κ1) is 11.7. The largest absolute Gasteiger partial charge is 0.0622 e. The normalized spacial score (nSPS) is 27.7. The molecule has 0 nitrogen and oxygen atoms in total. The molecule has 0 N–H and O–H groups in total. The van der Waals surface area contributed by atoms with Crippen molar-refractivity contribution < 1.29 is 0 Å². The van der Waals surface area contributed by atoms with Crippen molar-refractivity contribution in [1.29, 1.82) is 0 Å². The van der Waals surface area contributed by atoms with Crippen LogP contribution in [0.4, 0.5) is 0 Å². The predicted octanol–water partition coefficient (Wildman–Crippen LogP) is 4.92.